The third-order valence-electron chi connectivity index (χ3n) is 3.15. The van der Waals surface area contributed by atoms with Crippen LogP contribution >= 0.6 is 0 Å². The number of nitriles is 1. The highest BCUT2D eigenvalue weighted by molar-refractivity contribution is 5.72. The Hall–Kier alpha value is -2.06. The number of oxazole rings is 1. The molecule has 5 heteroatoms. The Labute approximate surface area is 111 Å². The molecule has 0 saturated heterocycles. The average molecular weight is 259 g/mol. The van der Waals surface area contributed by atoms with Crippen LogP contribution in [0.4, 0.5) is 0 Å². The second-order valence-corrected chi connectivity index (χ2v) is 4.78. The molecule has 0 saturated carbocycles. The number of hydrogen-bond acceptors (Lipinski definition) is 4. The van der Waals surface area contributed by atoms with Crippen LogP contribution in [0.15, 0.2) is 27.4 Å². The zero-order chi connectivity index (χ0) is 13.8. The van der Waals surface area contributed by atoms with Gasteiger partial charge >= 0.3 is 5.76 Å². The molecule has 2 aromatic rings. The Morgan fingerprint density at radius 3 is 3.00 bits per heavy atom. The number of aromatic nitrogens is 1. The molecule has 1 atom stereocenters. The van der Waals surface area contributed by atoms with Gasteiger partial charge in [0.05, 0.1) is 17.5 Å². The van der Waals surface area contributed by atoms with Crippen LogP contribution in [0.25, 0.3) is 11.1 Å². The number of benzene rings is 1. The maximum Gasteiger partial charge on any atom is 0.417 e. The fraction of sp³-hybridized carbons (Fsp3) is 0.429. The highest BCUT2D eigenvalue weighted by atomic mass is 16.4. The van der Waals surface area contributed by atoms with Gasteiger partial charge in [-0.1, -0.05) is 13.0 Å². The molecule has 1 aromatic heterocycles. The fourth-order valence-corrected chi connectivity index (χ4v) is 2.10. The normalized spacial score (nSPS) is 12.7. The first-order valence-electron chi connectivity index (χ1n) is 6.32. The minimum Gasteiger partial charge on any atom is -0.408 e. The van der Waals surface area contributed by atoms with Gasteiger partial charge in [-0.2, -0.15) is 5.26 Å². The summed E-state index contributed by atoms with van der Waals surface area (Å²) in [5.41, 5.74) is 2.34. The van der Waals surface area contributed by atoms with Gasteiger partial charge in [0.15, 0.2) is 5.58 Å². The molecule has 0 amide bonds. The summed E-state index contributed by atoms with van der Waals surface area (Å²) < 4.78 is 5.03. The Bertz CT molecular complexity index is 650. The van der Waals surface area contributed by atoms with Crippen molar-refractivity contribution in [1.29, 1.82) is 5.26 Å². The molecule has 0 fully saturated rings. The van der Waals surface area contributed by atoms with Crippen LogP contribution in [-0.2, 0) is 6.54 Å². The second kappa shape index (κ2) is 5.72. The van der Waals surface area contributed by atoms with Gasteiger partial charge in [-0.15, -0.1) is 0 Å². The molecule has 2 rings (SSSR count). The molecule has 1 N–H and O–H groups in total. The monoisotopic (exact) mass is 259 g/mol. The first-order chi connectivity index (χ1) is 9.12. The number of nitrogens with one attached hydrogen (secondary N) is 1. The zero-order valence-corrected chi connectivity index (χ0v) is 11.1. The molecule has 100 valence electrons. The van der Waals surface area contributed by atoms with Crippen LogP contribution in [0, 0.1) is 17.2 Å². The largest absolute Gasteiger partial charge is 0.417 e. The first-order valence-corrected chi connectivity index (χ1v) is 6.32. The minimum absolute atomic E-state index is 0.0546. The average Bonchev–Trinajstić information content (AvgIpc) is 2.75. The van der Waals surface area contributed by atoms with Crippen molar-refractivity contribution in [2.75, 3.05) is 13.6 Å². The van der Waals surface area contributed by atoms with Crippen LogP contribution in [0.3, 0.4) is 0 Å². The Morgan fingerprint density at radius 2 is 2.32 bits per heavy atom. The summed E-state index contributed by atoms with van der Waals surface area (Å²) in [6, 6.07) is 7.95. The first kappa shape index (κ1) is 13.4. The molecule has 19 heavy (non-hydrogen) atoms. The minimum atomic E-state index is -0.434. The molecule has 1 aromatic carbocycles. The maximum absolute atomic E-state index is 11.1. The quantitative estimate of drug-likeness (QED) is 0.892. The molecule has 1 heterocycles. The topological polar surface area (TPSA) is 73.0 Å². The van der Waals surface area contributed by atoms with E-state index in [2.05, 4.69) is 16.0 Å². The molecule has 0 aliphatic heterocycles. The van der Waals surface area contributed by atoms with Crippen molar-refractivity contribution in [3.05, 3.63) is 34.3 Å². The molecule has 0 radical (unpaired) electrons. The number of hydrogen-bond donors (Lipinski definition) is 1. The summed E-state index contributed by atoms with van der Waals surface area (Å²) in [6.45, 7) is 3.48. The van der Waals surface area contributed by atoms with Crippen molar-refractivity contribution < 1.29 is 4.42 Å². The molecule has 0 bridgehead atoms. The van der Waals surface area contributed by atoms with E-state index in [4.69, 9.17) is 9.68 Å². The van der Waals surface area contributed by atoms with Gasteiger partial charge < -0.3 is 9.32 Å². The predicted molar refractivity (Wildman–Crippen MR) is 72.6 cm³/mol. The lowest BCUT2D eigenvalue weighted by Crippen LogP contribution is -2.24. The van der Waals surface area contributed by atoms with Crippen LogP contribution in [0.5, 0.6) is 0 Å². The van der Waals surface area contributed by atoms with Gasteiger partial charge in [0.25, 0.3) is 0 Å². The fourth-order valence-electron chi connectivity index (χ4n) is 2.10. The van der Waals surface area contributed by atoms with E-state index in [-0.39, 0.29) is 5.92 Å². The van der Waals surface area contributed by atoms with Crippen molar-refractivity contribution in [1.82, 2.24) is 9.88 Å². The molecule has 0 aliphatic rings. The van der Waals surface area contributed by atoms with E-state index in [0.29, 0.717) is 11.1 Å². The SMILES string of the molecule is CCC(C#N)CN(C)Cc1ccc2[nH]c(=O)oc2c1. The number of H-pyrrole nitrogens is 1. The molecule has 0 aliphatic carbocycles. The molecular formula is C14H17N3O2. The maximum atomic E-state index is 11.1. The van der Waals surface area contributed by atoms with Gasteiger partial charge in [-0.3, -0.25) is 4.98 Å². The van der Waals surface area contributed by atoms with Crippen LogP contribution in [0.1, 0.15) is 18.9 Å². The Balaban J connectivity index is 2.08. The standard InChI is InChI=1S/C14H17N3O2/c1-3-10(7-15)8-17(2)9-11-4-5-12-13(6-11)19-14(18)16-12/h4-6,10H,3,8-9H2,1-2H3,(H,16,18). The van der Waals surface area contributed by atoms with E-state index in [0.717, 1.165) is 25.1 Å². The smallest absolute Gasteiger partial charge is 0.408 e. The van der Waals surface area contributed by atoms with E-state index >= 15 is 0 Å². The Kier molecular flexibility index (Phi) is 4.03. The number of aromatic amines is 1. The van der Waals surface area contributed by atoms with E-state index in [9.17, 15) is 4.79 Å². The zero-order valence-electron chi connectivity index (χ0n) is 11.1. The van der Waals surface area contributed by atoms with Crippen LogP contribution in [-0.4, -0.2) is 23.5 Å². The predicted octanol–water partition coefficient (Wildman–Crippen LogP) is 2.10. The second-order valence-electron chi connectivity index (χ2n) is 4.78. The molecular weight excluding hydrogens is 242 g/mol. The third-order valence-corrected chi connectivity index (χ3v) is 3.15. The molecule has 1 unspecified atom stereocenters. The van der Waals surface area contributed by atoms with Crippen molar-refractivity contribution >= 4 is 11.1 Å². The third kappa shape index (κ3) is 3.24. The van der Waals surface area contributed by atoms with Gasteiger partial charge in [-0.05, 0) is 31.2 Å². The summed E-state index contributed by atoms with van der Waals surface area (Å²) in [4.78, 5) is 15.8. The Morgan fingerprint density at radius 1 is 1.53 bits per heavy atom. The lowest BCUT2D eigenvalue weighted by Gasteiger charge is -2.18. The number of fused-ring (bicyclic) bond motifs is 1. The highest BCUT2D eigenvalue weighted by Gasteiger charge is 2.10. The van der Waals surface area contributed by atoms with Gasteiger partial charge in [0.1, 0.15) is 0 Å². The van der Waals surface area contributed by atoms with Crippen molar-refractivity contribution in [2.45, 2.75) is 19.9 Å². The van der Waals surface area contributed by atoms with Crippen molar-refractivity contribution in [3.63, 3.8) is 0 Å². The lowest BCUT2D eigenvalue weighted by molar-refractivity contribution is 0.292. The summed E-state index contributed by atoms with van der Waals surface area (Å²) in [5, 5.41) is 8.95. The van der Waals surface area contributed by atoms with Crippen LogP contribution < -0.4 is 5.76 Å². The lowest BCUT2D eigenvalue weighted by atomic mass is 10.1. The van der Waals surface area contributed by atoms with E-state index in [1.165, 1.54) is 0 Å². The van der Waals surface area contributed by atoms with Gasteiger partial charge in [-0.25, -0.2) is 4.79 Å². The number of rotatable bonds is 5. The summed E-state index contributed by atoms with van der Waals surface area (Å²) in [5.74, 6) is -0.380. The van der Waals surface area contributed by atoms with E-state index in [1.54, 1.807) is 0 Å². The van der Waals surface area contributed by atoms with E-state index < -0.39 is 5.76 Å². The molecule has 0 spiro atoms. The number of nitrogens with zero attached hydrogens (tertiary/aromatic N) is 2. The summed E-state index contributed by atoms with van der Waals surface area (Å²) in [6.07, 6.45) is 0.854. The van der Waals surface area contributed by atoms with E-state index in [1.807, 2.05) is 32.2 Å². The van der Waals surface area contributed by atoms with Crippen LogP contribution in [0.2, 0.25) is 0 Å². The van der Waals surface area contributed by atoms with Crippen molar-refractivity contribution in [2.24, 2.45) is 5.92 Å². The highest BCUT2D eigenvalue weighted by Crippen LogP contribution is 2.14. The van der Waals surface area contributed by atoms with Gasteiger partial charge in [0, 0.05) is 13.1 Å². The van der Waals surface area contributed by atoms with Gasteiger partial charge in [0.2, 0.25) is 0 Å². The summed E-state index contributed by atoms with van der Waals surface area (Å²) in [7, 11) is 1.98. The molecule has 5 nitrogen and oxygen atoms in total. The van der Waals surface area contributed by atoms with Crippen molar-refractivity contribution in [3.8, 4) is 6.07 Å². The summed E-state index contributed by atoms with van der Waals surface area (Å²) >= 11 is 0.